The Hall–Kier alpha value is -2.99. The lowest BCUT2D eigenvalue weighted by atomic mass is 10.1. The summed E-state index contributed by atoms with van der Waals surface area (Å²) in [6.45, 7) is 4.31. The number of aromatic nitrogens is 2. The summed E-state index contributed by atoms with van der Waals surface area (Å²) in [5.41, 5.74) is 1.96. The van der Waals surface area contributed by atoms with Crippen molar-refractivity contribution in [2.24, 2.45) is 0 Å². The molecule has 0 spiro atoms. The molecule has 0 saturated carbocycles. The molecule has 3 aromatic rings. The van der Waals surface area contributed by atoms with E-state index in [1.54, 1.807) is 0 Å². The van der Waals surface area contributed by atoms with Crippen LogP contribution in [0.1, 0.15) is 12.8 Å². The summed E-state index contributed by atoms with van der Waals surface area (Å²) in [6, 6.07) is 16.5. The second-order valence-corrected chi connectivity index (χ2v) is 8.28. The highest BCUT2D eigenvalue weighted by Crippen LogP contribution is 2.28. The zero-order valence-corrected chi connectivity index (χ0v) is 17.4. The van der Waals surface area contributed by atoms with Crippen molar-refractivity contribution in [2.45, 2.75) is 18.9 Å². The molecule has 5 rings (SSSR count). The lowest BCUT2D eigenvalue weighted by molar-refractivity contribution is -0.134. The van der Waals surface area contributed by atoms with Crippen molar-refractivity contribution in [2.75, 3.05) is 44.7 Å². The Morgan fingerprint density at radius 1 is 0.967 bits per heavy atom. The fraction of sp³-hybridized carbons (Fsp3) is 0.375. The van der Waals surface area contributed by atoms with E-state index in [2.05, 4.69) is 64.3 Å². The van der Waals surface area contributed by atoms with Crippen molar-refractivity contribution in [1.82, 2.24) is 19.8 Å². The van der Waals surface area contributed by atoms with Crippen molar-refractivity contribution in [3.8, 4) is 11.3 Å². The molecule has 6 heteroatoms. The number of likely N-dealkylation sites (N-methyl/N-ethyl adjacent to an activating group) is 1. The van der Waals surface area contributed by atoms with Crippen LogP contribution in [0.5, 0.6) is 0 Å². The summed E-state index contributed by atoms with van der Waals surface area (Å²) in [6.07, 6.45) is 3.67. The number of hydrogen-bond acceptors (Lipinski definition) is 5. The molecule has 0 aliphatic carbocycles. The van der Waals surface area contributed by atoms with E-state index < -0.39 is 0 Å². The van der Waals surface area contributed by atoms with Gasteiger partial charge in [0.05, 0.1) is 5.69 Å². The Morgan fingerprint density at radius 2 is 1.77 bits per heavy atom. The van der Waals surface area contributed by atoms with E-state index in [4.69, 9.17) is 4.98 Å². The Labute approximate surface area is 177 Å². The first-order valence-electron chi connectivity index (χ1n) is 10.8. The summed E-state index contributed by atoms with van der Waals surface area (Å²) in [5, 5.41) is 2.41. The van der Waals surface area contributed by atoms with Crippen molar-refractivity contribution < 1.29 is 4.79 Å². The van der Waals surface area contributed by atoms with Gasteiger partial charge in [-0.1, -0.05) is 36.4 Å². The normalized spacial score (nSPS) is 20.1. The number of benzene rings is 2. The van der Waals surface area contributed by atoms with Crippen LogP contribution in [-0.2, 0) is 4.79 Å². The number of piperazine rings is 1. The number of hydrogen-bond donors (Lipinski definition) is 0. The summed E-state index contributed by atoms with van der Waals surface area (Å²) >= 11 is 0. The van der Waals surface area contributed by atoms with Crippen molar-refractivity contribution in [1.29, 1.82) is 0 Å². The van der Waals surface area contributed by atoms with E-state index in [-0.39, 0.29) is 11.9 Å². The molecule has 30 heavy (non-hydrogen) atoms. The smallest absolute Gasteiger partial charge is 0.245 e. The fourth-order valence-corrected chi connectivity index (χ4v) is 4.50. The zero-order valence-electron chi connectivity index (χ0n) is 17.4. The maximum atomic E-state index is 13.2. The minimum Gasteiger partial charge on any atom is -0.338 e. The van der Waals surface area contributed by atoms with Crippen LogP contribution in [0.3, 0.4) is 0 Å². The molecule has 0 bridgehead atoms. The third-order valence-corrected chi connectivity index (χ3v) is 6.30. The van der Waals surface area contributed by atoms with Gasteiger partial charge in [0.25, 0.3) is 0 Å². The molecule has 0 N–H and O–H groups in total. The molecule has 3 heterocycles. The first-order valence-corrected chi connectivity index (χ1v) is 10.8. The van der Waals surface area contributed by atoms with Crippen LogP contribution in [0.15, 0.2) is 54.7 Å². The quantitative estimate of drug-likeness (QED) is 0.675. The molecular formula is C24H27N5O. The maximum Gasteiger partial charge on any atom is 0.245 e. The molecule has 2 fully saturated rings. The lowest BCUT2D eigenvalue weighted by Gasteiger charge is -2.35. The monoisotopic (exact) mass is 401 g/mol. The van der Waals surface area contributed by atoms with Crippen molar-refractivity contribution in [3.63, 3.8) is 0 Å². The molecule has 154 valence electrons. The number of amides is 1. The molecule has 2 saturated heterocycles. The Kier molecular flexibility index (Phi) is 5.09. The molecule has 2 aliphatic heterocycles. The minimum absolute atomic E-state index is 0.153. The van der Waals surface area contributed by atoms with Gasteiger partial charge >= 0.3 is 0 Å². The highest BCUT2D eigenvalue weighted by Gasteiger charge is 2.36. The molecule has 6 nitrogen and oxygen atoms in total. The van der Waals surface area contributed by atoms with Crippen molar-refractivity contribution >= 4 is 22.6 Å². The topological polar surface area (TPSA) is 52.6 Å². The van der Waals surface area contributed by atoms with Gasteiger partial charge in [-0.25, -0.2) is 9.97 Å². The van der Waals surface area contributed by atoms with Gasteiger partial charge in [0.2, 0.25) is 11.9 Å². The van der Waals surface area contributed by atoms with Crippen LogP contribution < -0.4 is 4.90 Å². The number of carbonyl (C=O) groups excluding carboxylic acids is 1. The average Bonchev–Trinajstić information content (AvgIpc) is 3.29. The summed E-state index contributed by atoms with van der Waals surface area (Å²) < 4.78 is 0. The van der Waals surface area contributed by atoms with Gasteiger partial charge in [0.1, 0.15) is 6.04 Å². The standard InChI is InChI=1S/C24H27N5O/c1-27-13-15-28(16-14-27)23(30)22-7-4-12-29(22)24-25-11-10-21(26-24)20-9-8-18-5-2-3-6-19(18)17-20/h2-3,5-6,8-11,17,22H,4,7,12-16H2,1H3/t22-/m1/s1. The first-order chi connectivity index (χ1) is 14.7. The predicted octanol–water partition coefficient (Wildman–Crippen LogP) is 3.04. The molecule has 1 atom stereocenters. The van der Waals surface area contributed by atoms with Gasteiger partial charge < -0.3 is 14.7 Å². The molecule has 2 aliphatic rings. The minimum atomic E-state index is -0.153. The molecule has 0 radical (unpaired) electrons. The maximum absolute atomic E-state index is 13.2. The Balaban J connectivity index is 1.40. The first kappa shape index (κ1) is 19.0. The van der Waals surface area contributed by atoms with Crippen LogP contribution in [0.25, 0.3) is 22.0 Å². The molecular weight excluding hydrogens is 374 g/mol. The van der Waals surface area contributed by atoms with Crippen LogP contribution in [0, 0.1) is 0 Å². The van der Waals surface area contributed by atoms with E-state index >= 15 is 0 Å². The van der Waals surface area contributed by atoms with Gasteiger partial charge in [0, 0.05) is 44.5 Å². The van der Waals surface area contributed by atoms with Gasteiger partial charge in [-0.2, -0.15) is 0 Å². The zero-order chi connectivity index (χ0) is 20.5. The molecule has 0 unspecified atom stereocenters. The third kappa shape index (κ3) is 3.63. The van der Waals surface area contributed by atoms with E-state index in [0.29, 0.717) is 5.95 Å². The average molecular weight is 402 g/mol. The second kappa shape index (κ2) is 8.03. The molecule has 1 amide bonds. The van der Waals surface area contributed by atoms with E-state index in [9.17, 15) is 4.79 Å². The van der Waals surface area contributed by atoms with Crippen LogP contribution in [-0.4, -0.2) is 71.5 Å². The van der Waals surface area contributed by atoms with E-state index in [0.717, 1.165) is 56.8 Å². The lowest BCUT2D eigenvalue weighted by Crippen LogP contribution is -2.53. The van der Waals surface area contributed by atoms with Gasteiger partial charge in [-0.05, 0) is 42.8 Å². The van der Waals surface area contributed by atoms with Gasteiger partial charge in [-0.3, -0.25) is 4.79 Å². The molecule has 2 aromatic carbocycles. The number of nitrogens with zero attached hydrogens (tertiary/aromatic N) is 5. The van der Waals surface area contributed by atoms with Crippen molar-refractivity contribution in [3.05, 3.63) is 54.7 Å². The van der Waals surface area contributed by atoms with Gasteiger partial charge in [-0.15, -0.1) is 0 Å². The predicted molar refractivity (Wildman–Crippen MR) is 119 cm³/mol. The summed E-state index contributed by atoms with van der Waals surface area (Å²) in [7, 11) is 2.11. The van der Waals surface area contributed by atoms with Crippen LogP contribution >= 0.6 is 0 Å². The number of fused-ring (bicyclic) bond motifs is 1. The van der Waals surface area contributed by atoms with Gasteiger partial charge in [0.15, 0.2) is 0 Å². The fourth-order valence-electron chi connectivity index (χ4n) is 4.50. The van der Waals surface area contributed by atoms with E-state index in [1.807, 2.05) is 17.2 Å². The summed E-state index contributed by atoms with van der Waals surface area (Å²) in [5.74, 6) is 0.881. The SMILES string of the molecule is CN1CCN(C(=O)[C@H]2CCCN2c2nccc(-c3ccc4ccccc4c3)n2)CC1. The highest BCUT2D eigenvalue weighted by atomic mass is 16.2. The second-order valence-electron chi connectivity index (χ2n) is 8.28. The largest absolute Gasteiger partial charge is 0.338 e. The number of rotatable bonds is 3. The van der Waals surface area contributed by atoms with Crippen LogP contribution in [0.2, 0.25) is 0 Å². The highest BCUT2D eigenvalue weighted by molar-refractivity contribution is 5.87. The Bertz CT molecular complexity index is 1060. The van der Waals surface area contributed by atoms with Crippen LogP contribution in [0.4, 0.5) is 5.95 Å². The Morgan fingerprint density at radius 3 is 2.60 bits per heavy atom. The molecule has 1 aromatic heterocycles. The number of anilines is 1. The summed E-state index contributed by atoms with van der Waals surface area (Å²) in [4.78, 5) is 29.0. The number of carbonyl (C=O) groups is 1. The van der Waals surface area contributed by atoms with E-state index in [1.165, 1.54) is 10.8 Å². The third-order valence-electron chi connectivity index (χ3n) is 6.30.